The van der Waals surface area contributed by atoms with Crippen LogP contribution in [-0.4, -0.2) is 38.1 Å². The number of aromatic nitrogens is 2. The molecule has 2 N–H and O–H groups in total. The second kappa shape index (κ2) is 8.13. The molecule has 0 aliphatic heterocycles. The predicted octanol–water partition coefficient (Wildman–Crippen LogP) is 4.80. The van der Waals surface area contributed by atoms with Crippen LogP contribution in [0.2, 0.25) is 0 Å². The van der Waals surface area contributed by atoms with Gasteiger partial charge >= 0.3 is 18.3 Å². The van der Waals surface area contributed by atoms with Crippen LogP contribution in [-0.2, 0) is 10.4 Å². The number of benzene rings is 1. The molecule has 11 heteroatoms. The number of carboxylic acid groups (broad SMARTS) is 1. The molecule has 0 bridgehead atoms. The molecule has 2 rings (SSSR count). The summed E-state index contributed by atoms with van der Waals surface area (Å²) < 4.78 is 79.8. The Balaban J connectivity index is 2.62. The Hall–Kier alpha value is -2.82. The van der Waals surface area contributed by atoms with E-state index in [1.54, 1.807) is 0 Å². The van der Waals surface area contributed by atoms with Gasteiger partial charge in [-0.2, -0.15) is 26.3 Å². The molecule has 0 aliphatic carbocycles. The third kappa shape index (κ3) is 4.20. The van der Waals surface area contributed by atoms with E-state index in [0.717, 1.165) is 18.2 Å². The number of halogens is 6. The fourth-order valence-corrected chi connectivity index (χ4v) is 2.81. The molecule has 0 aliphatic rings. The highest BCUT2D eigenvalue weighted by Crippen LogP contribution is 2.50. The van der Waals surface area contributed by atoms with Crippen LogP contribution in [0.4, 0.5) is 26.3 Å². The number of nitrogens with zero attached hydrogens (tertiary/aromatic N) is 2. The number of aliphatic hydroxyl groups is 1. The van der Waals surface area contributed by atoms with Crippen LogP contribution < -0.4 is 0 Å². The predicted molar refractivity (Wildman–Crippen MR) is 94.9 cm³/mol. The number of alkyl halides is 6. The van der Waals surface area contributed by atoms with Gasteiger partial charge < -0.3 is 10.2 Å². The van der Waals surface area contributed by atoms with E-state index in [4.69, 9.17) is 5.11 Å². The largest absolute Gasteiger partial charge is 0.478 e. The molecule has 0 spiro atoms. The lowest BCUT2D eigenvalue weighted by Gasteiger charge is -2.32. The zero-order valence-corrected chi connectivity index (χ0v) is 15.8. The van der Waals surface area contributed by atoms with Gasteiger partial charge in [0.05, 0.1) is 11.9 Å². The standard InChI is InChI=1S/C19H18F6N2O3/c1-3-11(2)16-26-10-14(8-9-15(28)29)27(16)13-6-4-12(5-7-13)17(30,18(20,21)22)19(23,24)25/h4-11,30H,3H2,1-2H3,(H,28,29)/b9-8+. The molecular formula is C19H18F6N2O3. The normalized spacial score (nSPS) is 14.3. The van der Waals surface area contributed by atoms with E-state index in [-0.39, 0.29) is 17.3 Å². The first-order chi connectivity index (χ1) is 13.7. The third-order valence-corrected chi connectivity index (χ3v) is 4.63. The van der Waals surface area contributed by atoms with Gasteiger partial charge in [0, 0.05) is 23.2 Å². The first kappa shape index (κ1) is 23.5. The van der Waals surface area contributed by atoms with Gasteiger partial charge in [0.2, 0.25) is 0 Å². The average Bonchev–Trinajstić information content (AvgIpc) is 3.07. The first-order valence-corrected chi connectivity index (χ1v) is 8.69. The van der Waals surface area contributed by atoms with Gasteiger partial charge in [0.15, 0.2) is 0 Å². The van der Waals surface area contributed by atoms with Gasteiger partial charge in [-0.05, 0) is 24.6 Å². The molecule has 1 heterocycles. The maximum absolute atomic E-state index is 13.1. The molecule has 1 atom stereocenters. The number of rotatable bonds is 6. The molecule has 30 heavy (non-hydrogen) atoms. The summed E-state index contributed by atoms with van der Waals surface area (Å²) in [5.41, 5.74) is -6.00. The van der Waals surface area contributed by atoms with E-state index in [9.17, 15) is 36.2 Å². The lowest BCUT2D eigenvalue weighted by Crippen LogP contribution is -2.53. The molecule has 2 aromatic rings. The van der Waals surface area contributed by atoms with Gasteiger partial charge in [-0.1, -0.05) is 26.0 Å². The monoisotopic (exact) mass is 436 g/mol. The minimum Gasteiger partial charge on any atom is -0.478 e. The van der Waals surface area contributed by atoms with E-state index in [0.29, 0.717) is 24.4 Å². The van der Waals surface area contributed by atoms with Gasteiger partial charge in [0.1, 0.15) is 5.82 Å². The summed E-state index contributed by atoms with van der Waals surface area (Å²) in [6, 6.07) is 3.01. The highest BCUT2D eigenvalue weighted by atomic mass is 19.4. The minimum atomic E-state index is -5.99. The Labute approximate surface area is 167 Å². The zero-order chi connectivity index (χ0) is 22.9. The molecule has 0 saturated heterocycles. The van der Waals surface area contributed by atoms with Gasteiger partial charge in [0.25, 0.3) is 5.60 Å². The van der Waals surface area contributed by atoms with Crippen molar-refractivity contribution in [3.8, 4) is 5.69 Å². The van der Waals surface area contributed by atoms with Crippen LogP contribution in [0.15, 0.2) is 36.5 Å². The second-order valence-corrected chi connectivity index (χ2v) is 6.61. The third-order valence-electron chi connectivity index (χ3n) is 4.63. The Kier molecular flexibility index (Phi) is 6.36. The molecule has 0 radical (unpaired) electrons. The Morgan fingerprint density at radius 1 is 1.13 bits per heavy atom. The van der Waals surface area contributed by atoms with E-state index in [1.165, 1.54) is 16.8 Å². The van der Waals surface area contributed by atoms with Crippen molar-refractivity contribution in [2.45, 2.75) is 44.1 Å². The molecule has 1 aromatic carbocycles. The summed E-state index contributed by atoms with van der Waals surface area (Å²) in [7, 11) is 0. The quantitative estimate of drug-likeness (QED) is 0.504. The smallest absolute Gasteiger partial charge is 0.430 e. The maximum Gasteiger partial charge on any atom is 0.430 e. The van der Waals surface area contributed by atoms with Crippen molar-refractivity contribution in [1.29, 1.82) is 0 Å². The summed E-state index contributed by atoms with van der Waals surface area (Å²) in [4.78, 5) is 15.0. The molecular weight excluding hydrogens is 418 g/mol. The number of carboxylic acids is 1. The number of hydrogen-bond donors (Lipinski definition) is 2. The zero-order valence-electron chi connectivity index (χ0n) is 15.8. The second-order valence-electron chi connectivity index (χ2n) is 6.61. The Bertz CT molecular complexity index is 915. The van der Waals surface area contributed by atoms with Crippen molar-refractivity contribution in [1.82, 2.24) is 9.55 Å². The number of hydrogen-bond acceptors (Lipinski definition) is 3. The van der Waals surface area contributed by atoms with Crippen molar-refractivity contribution < 1.29 is 41.4 Å². The van der Waals surface area contributed by atoms with E-state index < -0.39 is 29.5 Å². The molecule has 0 amide bonds. The fraction of sp³-hybridized carbons (Fsp3) is 0.368. The van der Waals surface area contributed by atoms with Crippen LogP contribution in [0.5, 0.6) is 0 Å². The highest BCUT2D eigenvalue weighted by molar-refractivity contribution is 5.85. The van der Waals surface area contributed by atoms with Gasteiger partial charge in [-0.3, -0.25) is 4.57 Å². The summed E-state index contributed by atoms with van der Waals surface area (Å²) in [6.07, 6.45) is -7.97. The molecule has 0 fully saturated rings. The summed E-state index contributed by atoms with van der Waals surface area (Å²) >= 11 is 0. The van der Waals surface area contributed by atoms with Gasteiger partial charge in [-0.15, -0.1) is 0 Å². The van der Waals surface area contributed by atoms with E-state index in [2.05, 4.69) is 4.98 Å². The SMILES string of the molecule is CCC(C)c1ncc(/C=C/C(=O)O)n1-c1ccc(C(O)(C(F)(F)F)C(F)(F)F)cc1. The fourth-order valence-electron chi connectivity index (χ4n) is 2.81. The van der Waals surface area contributed by atoms with Crippen molar-refractivity contribution in [2.24, 2.45) is 0 Å². The van der Waals surface area contributed by atoms with Crippen LogP contribution in [0, 0.1) is 0 Å². The molecule has 1 unspecified atom stereocenters. The molecule has 5 nitrogen and oxygen atoms in total. The molecule has 0 saturated carbocycles. The number of aliphatic carboxylic acids is 1. The number of carbonyl (C=O) groups is 1. The summed E-state index contributed by atoms with van der Waals surface area (Å²) in [6.45, 7) is 3.66. The van der Waals surface area contributed by atoms with Crippen LogP contribution in [0.3, 0.4) is 0 Å². The van der Waals surface area contributed by atoms with Crippen molar-refractivity contribution in [2.75, 3.05) is 0 Å². The van der Waals surface area contributed by atoms with Crippen LogP contribution >= 0.6 is 0 Å². The average molecular weight is 436 g/mol. The Morgan fingerprint density at radius 3 is 2.10 bits per heavy atom. The summed E-state index contributed by atoms with van der Waals surface area (Å²) in [5.74, 6) is -0.945. The highest BCUT2D eigenvalue weighted by Gasteiger charge is 2.71. The van der Waals surface area contributed by atoms with E-state index >= 15 is 0 Å². The van der Waals surface area contributed by atoms with Crippen LogP contribution in [0.1, 0.15) is 43.3 Å². The van der Waals surface area contributed by atoms with Crippen LogP contribution in [0.25, 0.3) is 11.8 Å². The summed E-state index contributed by atoms with van der Waals surface area (Å²) in [5, 5.41) is 18.3. The Morgan fingerprint density at radius 2 is 1.67 bits per heavy atom. The van der Waals surface area contributed by atoms with Crippen molar-refractivity contribution >= 4 is 12.0 Å². The minimum absolute atomic E-state index is 0.140. The first-order valence-electron chi connectivity index (χ1n) is 8.69. The van der Waals surface area contributed by atoms with Gasteiger partial charge in [-0.25, -0.2) is 9.78 Å². The van der Waals surface area contributed by atoms with Crippen molar-refractivity contribution in [3.63, 3.8) is 0 Å². The molecule has 1 aromatic heterocycles. The lowest BCUT2D eigenvalue weighted by atomic mass is 9.92. The molecule has 164 valence electrons. The lowest BCUT2D eigenvalue weighted by molar-refractivity contribution is -0.376. The number of imidazole rings is 1. The van der Waals surface area contributed by atoms with Crippen molar-refractivity contribution in [3.05, 3.63) is 53.6 Å². The maximum atomic E-state index is 13.1. The topological polar surface area (TPSA) is 75.3 Å². The van der Waals surface area contributed by atoms with E-state index in [1.807, 2.05) is 13.8 Å².